The lowest BCUT2D eigenvalue weighted by Crippen LogP contribution is -1.94. The van der Waals surface area contributed by atoms with Crippen LogP contribution in [0.3, 0.4) is 0 Å². The molecule has 0 amide bonds. The monoisotopic (exact) mass is 296 g/mol. The molecule has 3 N–H and O–H groups in total. The van der Waals surface area contributed by atoms with Crippen molar-refractivity contribution in [1.29, 1.82) is 0 Å². The Bertz CT molecular complexity index is 763. The molecule has 0 atom stereocenters. The summed E-state index contributed by atoms with van der Waals surface area (Å²) in [5.41, 5.74) is 9.86. The lowest BCUT2D eigenvalue weighted by Gasteiger charge is -2.04. The molecule has 1 aromatic heterocycles. The van der Waals surface area contributed by atoms with Crippen molar-refractivity contribution in [3.63, 3.8) is 0 Å². The van der Waals surface area contributed by atoms with Crippen molar-refractivity contribution in [3.05, 3.63) is 59.1 Å². The van der Waals surface area contributed by atoms with E-state index >= 15 is 0 Å². The third kappa shape index (κ3) is 2.82. The van der Waals surface area contributed by atoms with Crippen molar-refractivity contribution in [1.82, 2.24) is 4.98 Å². The van der Waals surface area contributed by atoms with E-state index in [1.807, 2.05) is 12.1 Å². The maximum absolute atomic E-state index is 9.69. The van der Waals surface area contributed by atoms with Gasteiger partial charge in [-0.3, -0.25) is 0 Å². The molecule has 0 saturated carbocycles. The van der Waals surface area contributed by atoms with Crippen molar-refractivity contribution in [3.8, 4) is 27.4 Å². The minimum atomic E-state index is 0.240. The van der Waals surface area contributed by atoms with Crippen LogP contribution in [0, 0.1) is 6.92 Å². The highest BCUT2D eigenvalue weighted by molar-refractivity contribution is 7.15. The Morgan fingerprint density at radius 3 is 2.52 bits per heavy atom. The Kier molecular flexibility index (Phi) is 3.73. The van der Waals surface area contributed by atoms with Crippen molar-refractivity contribution in [2.75, 3.05) is 0 Å². The van der Waals surface area contributed by atoms with Gasteiger partial charge >= 0.3 is 0 Å². The summed E-state index contributed by atoms with van der Waals surface area (Å²) < 4.78 is 0. The summed E-state index contributed by atoms with van der Waals surface area (Å²) in [4.78, 5) is 5.71. The van der Waals surface area contributed by atoms with Crippen LogP contribution in [0.5, 0.6) is 5.75 Å². The van der Waals surface area contributed by atoms with E-state index in [0.717, 1.165) is 26.7 Å². The van der Waals surface area contributed by atoms with Gasteiger partial charge in [0.2, 0.25) is 0 Å². The first-order chi connectivity index (χ1) is 10.2. The van der Waals surface area contributed by atoms with Crippen LogP contribution < -0.4 is 5.73 Å². The van der Waals surface area contributed by atoms with Crippen LogP contribution in [0.2, 0.25) is 0 Å². The number of nitrogens with two attached hydrogens (primary N) is 1. The number of aromatic nitrogens is 1. The smallest absolute Gasteiger partial charge is 0.116 e. The summed E-state index contributed by atoms with van der Waals surface area (Å²) in [6.07, 6.45) is 0. The van der Waals surface area contributed by atoms with E-state index in [-0.39, 0.29) is 5.75 Å². The van der Waals surface area contributed by atoms with Gasteiger partial charge in [0.15, 0.2) is 0 Å². The van der Waals surface area contributed by atoms with Gasteiger partial charge in [-0.15, -0.1) is 11.3 Å². The number of hydrogen-bond donors (Lipinski definition) is 2. The second kappa shape index (κ2) is 5.68. The van der Waals surface area contributed by atoms with Crippen LogP contribution in [-0.2, 0) is 6.54 Å². The first kappa shape index (κ1) is 13.8. The lowest BCUT2D eigenvalue weighted by atomic mass is 10.1. The first-order valence-electron chi connectivity index (χ1n) is 6.73. The van der Waals surface area contributed by atoms with Crippen LogP contribution in [-0.4, -0.2) is 10.1 Å². The number of nitrogens with zero attached hydrogens (tertiary/aromatic N) is 1. The van der Waals surface area contributed by atoms with E-state index in [2.05, 4.69) is 36.2 Å². The standard InChI is InChI=1S/C17H16N2OS/c1-11-5-7-12(8-6-11)17-16(19-15(10-18)21-17)13-3-2-4-14(20)9-13/h2-9,20H,10,18H2,1H3. The molecule has 106 valence electrons. The average Bonchev–Trinajstić information content (AvgIpc) is 2.92. The topological polar surface area (TPSA) is 59.1 Å². The molecule has 0 fully saturated rings. The Morgan fingerprint density at radius 1 is 1.10 bits per heavy atom. The van der Waals surface area contributed by atoms with Crippen molar-refractivity contribution < 1.29 is 5.11 Å². The molecule has 0 unspecified atom stereocenters. The zero-order valence-electron chi connectivity index (χ0n) is 11.7. The normalized spacial score (nSPS) is 10.8. The predicted octanol–water partition coefficient (Wildman–Crippen LogP) is 3.95. The number of benzene rings is 2. The highest BCUT2D eigenvalue weighted by Gasteiger charge is 2.14. The second-order valence-electron chi connectivity index (χ2n) is 4.91. The van der Waals surface area contributed by atoms with E-state index in [1.165, 1.54) is 5.56 Å². The molecular formula is C17H16N2OS. The number of thiazole rings is 1. The highest BCUT2D eigenvalue weighted by Crippen LogP contribution is 2.37. The van der Waals surface area contributed by atoms with Gasteiger partial charge in [-0.2, -0.15) is 0 Å². The molecule has 0 saturated heterocycles. The summed E-state index contributed by atoms with van der Waals surface area (Å²) in [6.45, 7) is 2.49. The largest absolute Gasteiger partial charge is 0.508 e. The van der Waals surface area contributed by atoms with Crippen LogP contribution >= 0.6 is 11.3 Å². The molecule has 2 aromatic carbocycles. The molecule has 0 spiro atoms. The quantitative estimate of drug-likeness (QED) is 0.769. The minimum Gasteiger partial charge on any atom is -0.508 e. The van der Waals surface area contributed by atoms with Gasteiger partial charge in [0.1, 0.15) is 10.8 Å². The maximum Gasteiger partial charge on any atom is 0.116 e. The van der Waals surface area contributed by atoms with E-state index in [4.69, 9.17) is 5.73 Å². The Hall–Kier alpha value is -2.17. The minimum absolute atomic E-state index is 0.240. The highest BCUT2D eigenvalue weighted by atomic mass is 32.1. The lowest BCUT2D eigenvalue weighted by molar-refractivity contribution is 0.475. The van der Waals surface area contributed by atoms with E-state index in [0.29, 0.717) is 6.54 Å². The zero-order chi connectivity index (χ0) is 14.8. The van der Waals surface area contributed by atoms with E-state index in [9.17, 15) is 5.11 Å². The van der Waals surface area contributed by atoms with E-state index in [1.54, 1.807) is 23.5 Å². The number of rotatable bonds is 3. The summed E-state index contributed by atoms with van der Waals surface area (Å²) in [6, 6.07) is 15.5. The molecule has 0 radical (unpaired) electrons. The second-order valence-corrected chi connectivity index (χ2v) is 5.99. The number of aromatic hydroxyl groups is 1. The Labute approximate surface area is 127 Å². The molecule has 3 rings (SSSR count). The molecule has 0 aliphatic heterocycles. The number of phenolic OH excluding ortho intramolecular Hbond substituents is 1. The fourth-order valence-corrected chi connectivity index (χ4v) is 3.17. The molecular weight excluding hydrogens is 280 g/mol. The molecule has 3 aromatic rings. The molecule has 3 nitrogen and oxygen atoms in total. The zero-order valence-corrected chi connectivity index (χ0v) is 12.5. The van der Waals surface area contributed by atoms with Gasteiger partial charge in [0, 0.05) is 12.1 Å². The molecule has 4 heteroatoms. The third-order valence-electron chi connectivity index (χ3n) is 3.28. The van der Waals surface area contributed by atoms with Crippen LogP contribution in [0.1, 0.15) is 10.6 Å². The summed E-state index contributed by atoms with van der Waals surface area (Å²) in [5, 5.41) is 10.6. The molecule has 0 aliphatic carbocycles. The molecule has 0 aliphatic rings. The van der Waals surface area contributed by atoms with Crippen molar-refractivity contribution in [2.24, 2.45) is 5.73 Å². The molecule has 1 heterocycles. The number of aryl methyl sites for hydroxylation is 1. The summed E-state index contributed by atoms with van der Waals surface area (Å²) in [7, 11) is 0. The fourth-order valence-electron chi connectivity index (χ4n) is 2.20. The summed E-state index contributed by atoms with van der Waals surface area (Å²) in [5.74, 6) is 0.240. The van der Waals surface area contributed by atoms with Gasteiger partial charge in [0.05, 0.1) is 10.6 Å². The average molecular weight is 296 g/mol. The van der Waals surface area contributed by atoms with Crippen molar-refractivity contribution in [2.45, 2.75) is 13.5 Å². The van der Waals surface area contributed by atoms with Gasteiger partial charge < -0.3 is 10.8 Å². The number of hydrogen-bond acceptors (Lipinski definition) is 4. The Morgan fingerprint density at radius 2 is 1.86 bits per heavy atom. The van der Waals surface area contributed by atoms with Crippen LogP contribution in [0.25, 0.3) is 21.7 Å². The molecule has 0 bridgehead atoms. The Balaban J connectivity index is 2.16. The van der Waals surface area contributed by atoms with Gasteiger partial charge in [-0.1, -0.05) is 42.0 Å². The first-order valence-corrected chi connectivity index (χ1v) is 7.55. The van der Waals surface area contributed by atoms with Gasteiger partial charge in [-0.25, -0.2) is 4.98 Å². The van der Waals surface area contributed by atoms with Crippen LogP contribution in [0.4, 0.5) is 0 Å². The van der Waals surface area contributed by atoms with Crippen molar-refractivity contribution >= 4 is 11.3 Å². The number of phenols is 1. The summed E-state index contributed by atoms with van der Waals surface area (Å²) >= 11 is 1.60. The third-order valence-corrected chi connectivity index (χ3v) is 4.41. The maximum atomic E-state index is 9.69. The van der Waals surface area contributed by atoms with Crippen LogP contribution in [0.15, 0.2) is 48.5 Å². The van der Waals surface area contributed by atoms with Gasteiger partial charge in [-0.05, 0) is 24.6 Å². The SMILES string of the molecule is Cc1ccc(-c2sc(CN)nc2-c2cccc(O)c2)cc1. The predicted molar refractivity (Wildman–Crippen MR) is 87.3 cm³/mol. The molecule has 21 heavy (non-hydrogen) atoms. The fraction of sp³-hybridized carbons (Fsp3) is 0.118. The van der Waals surface area contributed by atoms with E-state index < -0.39 is 0 Å². The van der Waals surface area contributed by atoms with Gasteiger partial charge in [0.25, 0.3) is 0 Å².